The van der Waals surface area contributed by atoms with Gasteiger partial charge in [-0.1, -0.05) is 18.2 Å². The largest absolute Gasteiger partial charge is 0.493 e. The average molecular weight is 331 g/mol. The van der Waals surface area contributed by atoms with Crippen molar-refractivity contribution in [2.24, 2.45) is 0 Å². The summed E-state index contributed by atoms with van der Waals surface area (Å²) < 4.78 is 15.5. The second-order valence-electron chi connectivity index (χ2n) is 4.71. The van der Waals surface area contributed by atoms with Crippen LogP contribution in [0.3, 0.4) is 0 Å². The molecule has 0 saturated heterocycles. The van der Waals surface area contributed by atoms with Crippen molar-refractivity contribution >= 4 is 17.6 Å². The molecule has 126 valence electrons. The number of para-hydroxylation sites is 1. The Morgan fingerprint density at radius 3 is 2.25 bits per heavy atom. The number of anilines is 1. The van der Waals surface area contributed by atoms with Crippen molar-refractivity contribution < 1.29 is 28.9 Å². The van der Waals surface area contributed by atoms with Crippen molar-refractivity contribution in [3.8, 4) is 17.2 Å². The van der Waals surface area contributed by atoms with E-state index in [0.29, 0.717) is 11.5 Å². The predicted octanol–water partition coefficient (Wildman–Crippen LogP) is 2.42. The third kappa shape index (κ3) is 4.16. The number of carbonyl (C=O) groups is 2. The van der Waals surface area contributed by atoms with Crippen LogP contribution < -0.4 is 19.5 Å². The van der Waals surface area contributed by atoms with Crippen LogP contribution in [-0.2, 0) is 4.79 Å². The van der Waals surface area contributed by atoms with Crippen LogP contribution >= 0.6 is 0 Å². The van der Waals surface area contributed by atoms with Gasteiger partial charge in [-0.2, -0.15) is 0 Å². The van der Waals surface area contributed by atoms with Gasteiger partial charge in [0.15, 0.2) is 18.1 Å². The number of aromatic carboxylic acids is 1. The van der Waals surface area contributed by atoms with Gasteiger partial charge >= 0.3 is 5.97 Å². The average Bonchev–Trinajstić information content (AvgIpc) is 2.60. The fourth-order valence-electron chi connectivity index (χ4n) is 2.01. The molecule has 7 heteroatoms. The number of nitrogens with one attached hydrogen (secondary N) is 1. The number of ether oxygens (including phenoxy) is 3. The molecule has 0 radical (unpaired) electrons. The van der Waals surface area contributed by atoms with Crippen LogP contribution in [-0.4, -0.2) is 37.8 Å². The second kappa shape index (κ2) is 7.87. The Hall–Kier alpha value is -3.22. The highest BCUT2D eigenvalue weighted by Gasteiger charge is 2.18. The van der Waals surface area contributed by atoms with Crippen LogP contribution in [0.4, 0.5) is 5.69 Å². The minimum Gasteiger partial charge on any atom is -0.493 e. The van der Waals surface area contributed by atoms with Crippen LogP contribution in [0.15, 0.2) is 42.5 Å². The summed E-state index contributed by atoms with van der Waals surface area (Å²) in [6, 6.07) is 11.5. The molecule has 2 N–H and O–H groups in total. The number of carbonyl (C=O) groups excluding carboxylic acids is 1. The summed E-state index contributed by atoms with van der Waals surface area (Å²) >= 11 is 0. The molecule has 0 heterocycles. The van der Waals surface area contributed by atoms with Crippen molar-refractivity contribution in [1.82, 2.24) is 0 Å². The lowest BCUT2D eigenvalue weighted by atomic mass is 10.1. The zero-order valence-electron chi connectivity index (χ0n) is 13.2. The van der Waals surface area contributed by atoms with E-state index in [0.717, 1.165) is 0 Å². The Morgan fingerprint density at radius 1 is 1.04 bits per heavy atom. The van der Waals surface area contributed by atoms with Gasteiger partial charge in [-0.3, -0.25) is 4.79 Å². The van der Waals surface area contributed by atoms with Gasteiger partial charge in [-0.05, 0) is 12.1 Å². The molecule has 0 aliphatic heterocycles. The lowest BCUT2D eigenvalue weighted by Gasteiger charge is -2.14. The smallest absolute Gasteiger partial charge is 0.337 e. The van der Waals surface area contributed by atoms with Gasteiger partial charge in [0.1, 0.15) is 5.75 Å². The van der Waals surface area contributed by atoms with Gasteiger partial charge in [0.2, 0.25) is 0 Å². The SMILES string of the molecule is COc1cc(NC(=O)COc2ccccc2)c(C(=O)O)cc1OC. The zero-order valence-corrected chi connectivity index (χ0v) is 13.2. The molecule has 0 atom stereocenters. The molecule has 0 saturated carbocycles. The molecule has 0 aliphatic rings. The van der Waals surface area contributed by atoms with Crippen LogP contribution in [0.1, 0.15) is 10.4 Å². The number of benzene rings is 2. The summed E-state index contributed by atoms with van der Waals surface area (Å²) in [7, 11) is 2.82. The highest BCUT2D eigenvalue weighted by Crippen LogP contribution is 2.33. The fraction of sp³-hybridized carbons (Fsp3) is 0.176. The lowest BCUT2D eigenvalue weighted by Crippen LogP contribution is -2.21. The van der Waals surface area contributed by atoms with Crippen molar-refractivity contribution in [3.05, 3.63) is 48.0 Å². The number of rotatable bonds is 7. The summed E-state index contributed by atoms with van der Waals surface area (Å²) in [5, 5.41) is 11.8. The molecule has 2 aromatic carbocycles. The first-order valence-electron chi connectivity index (χ1n) is 7.02. The van der Waals surface area contributed by atoms with Gasteiger partial charge < -0.3 is 24.6 Å². The Bertz CT molecular complexity index is 729. The van der Waals surface area contributed by atoms with Crippen LogP contribution in [0, 0.1) is 0 Å². The number of amides is 1. The van der Waals surface area contributed by atoms with E-state index in [4.69, 9.17) is 14.2 Å². The molecule has 7 nitrogen and oxygen atoms in total. The van der Waals surface area contributed by atoms with E-state index in [2.05, 4.69) is 5.32 Å². The van der Waals surface area contributed by atoms with Gasteiger partial charge in [0.05, 0.1) is 25.5 Å². The first-order valence-corrected chi connectivity index (χ1v) is 7.02. The quantitative estimate of drug-likeness (QED) is 0.809. The van der Waals surface area contributed by atoms with Gasteiger partial charge in [-0.25, -0.2) is 4.79 Å². The van der Waals surface area contributed by atoms with Crippen molar-refractivity contribution in [1.29, 1.82) is 0 Å². The summed E-state index contributed by atoms with van der Waals surface area (Å²) in [6.45, 7) is -0.253. The summed E-state index contributed by atoms with van der Waals surface area (Å²) in [4.78, 5) is 23.4. The van der Waals surface area contributed by atoms with Crippen LogP contribution in [0.25, 0.3) is 0 Å². The van der Waals surface area contributed by atoms with E-state index in [9.17, 15) is 14.7 Å². The first kappa shape index (κ1) is 17.1. The summed E-state index contributed by atoms with van der Waals surface area (Å²) in [5.74, 6) is -0.586. The third-order valence-electron chi connectivity index (χ3n) is 3.14. The molecule has 0 spiro atoms. The minimum atomic E-state index is -1.20. The molecule has 0 aliphatic carbocycles. The van der Waals surface area contributed by atoms with Gasteiger partial charge in [0, 0.05) is 12.1 Å². The first-order chi connectivity index (χ1) is 11.5. The summed E-state index contributed by atoms with van der Waals surface area (Å²) in [6.07, 6.45) is 0. The molecule has 24 heavy (non-hydrogen) atoms. The molecule has 0 aromatic heterocycles. The van der Waals surface area contributed by atoms with Crippen molar-refractivity contribution in [2.45, 2.75) is 0 Å². The molecule has 0 bridgehead atoms. The molecular formula is C17H17NO6. The fourth-order valence-corrected chi connectivity index (χ4v) is 2.01. The molecule has 2 rings (SSSR count). The highest BCUT2D eigenvalue weighted by molar-refractivity contribution is 6.01. The highest BCUT2D eigenvalue weighted by atomic mass is 16.5. The Kier molecular flexibility index (Phi) is 5.62. The van der Waals surface area contributed by atoms with E-state index >= 15 is 0 Å². The maximum absolute atomic E-state index is 12.0. The topological polar surface area (TPSA) is 94.1 Å². The normalized spacial score (nSPS) is 9.92. The van der Waals surface area contributed by atoms with Gasteiger partial charge in [-0.15, -0.1) is 0 Å². The monoisotopic (exact) mass is 331 g/mol. The zero-order chi connectivity index (χ0) is 17.5. The lowest BCUT2D eigenvalue weighted by molar-refractivity contribution is -0.118. The standard InChI is InChI=1S/C17H17NO6/c1-22-14-8-12(17(20)21)13(9-15(14)23-2)18-16(19)10-24-11-6-4-3-5-7-11/h3-9H,10H2,1-2H3,(H,18,19)(H,20,21). The molecule has 1 amide bonds. The third-order valence-corrected chi connectivity index (χ3v) is 3.14. The van der Waals surface area contributed by atoms with E-state index in [1.54, 1.807) is 24.3 Å². The number of methoxy groups -OCH3 is 2. The second-order valence-corrected chi connectivity index (χ2v) is 4.71. The Morgan fingerprint density at radius 2 is 1.67 bits per heavy atom. The van der Waals surface area contributed by atoms with E-state index in [1.165, 1.54) is 26.4 Å². The number of carboxylic acid groups (broad SMARTS) is 1. The van der Waals surface area contributed by atoms with E-state index in [1.807, 2.05) is 6.07 Å². The van der Waals surface area contributed by atoms with Crippen LogP contribution in [0.5, 0.6) is 17.2 Å². The van der Waals surface area contributed by atoms with Crippen LogP contribution in [0.2, 0.25) is 0 Å². The number of carboxylic acids is 1. The Labute approximate surface area is 138 Å². The maximum atomic E-state index is 12.0. The van der Waals surface area contributed by atoms with Crippen molar-refractivity contribution in [2.75, 3.05) is 26.1 Å². The molecule has 2 aromatic rings. The maximum Gasteiger partial charge on any atom is 0.337 e. The number of hydrogen-bond donors (Lipinski definition) is 2. The van der Waals surface area contributed by atoms with Crippen molar-refractivity contribution in [3.63, 3.8) is 0 Å². The molecule has 0 unspecified atom stereocenters. The Balaban J connectivity index is 2.15. The van der Waals surface area contributed by atoms with Gasteiger partial charge in [0.25, 0.3) is 5.91 Å². The summed E-state index contributed by atoms with van der Waals surface area (Å²) in [5.41, 5.74) is -0.0116. The minimum absolute atomic E-state index is 0.0989. The molecule has 0 fully saturated rings. The van der Waals surface area contributed by atoms with E-state index in [-0.39, 0.29) is 23.6 Å². The molecular weight excluding hydrogens is 314 g/mol. The predicted molar refractivity (Wildman–Crippen MR) is 87.1 cm³/mol. The van der Waals surface area contributed by atoms with E-state index < -0.39 is 11.9 Å². The number of hydrogen-bond acceptors (Lipinski definition) is 5.